The number of hydrogen-bond acceptors (Lipinski definition) is 4. The van der Waals surface area contributed by atoms with Gasteiger partial charge in [-0.2, -0.15) is 0 Å². The normalized spacial score (nSPS) is 15.7. The van der Waals surface area contributed by atoms with Gasteiger partial charge in [-0.05, 0) is 32.6 Å². The van der Waals surface area contributed by atoms with Gasteiger partial charge in [0.25, 0.3) is 0 Å². The van der Waals surface area contributed by atoms with Crippen molar-refractivity contribution >= 4 is 23.0 Å². The molecule has 19 heavy (non-hydrogen) atoms. The Kier molecular flexibility index (Phi) is 4.69. The SMILES string of the molecule is CCN(CC(C)C(N)=S)c1ncnc2c1CCCC2. The van der Waals surface area contributed by atoms with Crippen LogP contribution < -0.4 is 10.6 Å². The van der Waals surface area contributed by atoms with Gasteiger partial charge in [0.2, 0.25) is 0 Å². The fourth-order valence-electron chi connectivity index (χ4n) is 2.56. The van der Waals surface area contributed by atoms with Gasteiger partial charge in [-0.3, -0.25) is 0 Å². The Hall–Kier alpha value is -1.23. The van der Waals surface area contributed by atoms with Crippen LogP contribution in [0.2, 0.25) is 0 Å². The number of hydrogen-bond donors (Lipinski definition) is 1. The quantitative estimate of drug-likeness (QED) is 0.836. The molecule has 2 N–H and O–H groups in total. The lowest BCUT2D eigenvalue weighted by molar-refractivity contribution is 0.644. The highest BCUT2D eigenvalue weighted by Crippen LogP contribution is 2.27. The zero-order valence-corrected chi connectivity index (χ0v) is 12.5. The Morgan fingerprint density at radius 2 is 2.16 bits per heavy atom. The van der Waals surface area contributed by atoms with Crippen molar-refractivity contribution < 1.29 is 0 Å². The molecule has 0 radical (unpaired) electrons. The molecule has 0 amide bonds. The molecule has 1 heterocycles. The van der Waals surface area contributed by atoms with Crippen molar-refractivity contribution in [2.45, 2.75) is 39.5 Å². The number of rotatable bonds is 5. The summed E-state index contributed by atoms with van der Waals surface area (Å²) in [5.41, 5.74) is 8.27. The van der Waals surface area contributed by atoms with E-state index in [2.05, 4.69) is 28.7 Å². The fourth-order valence-corrected chi connectivity index (χ4v) is 2.64. The van der Waals surface area contributed by atoms with Crippen LogP contribution in [0, 0.1) is 5.92 Å². The van der Waals surface area contributed by atoms with Gasteiger partial charge in [0.1, 0.15) is 12.1 Å². The summed E-state index contributed by atoms with van der Waals surface area (Å²) in [6.45, 7) is 5.95. The summed E-state index contributed by atoms with van der Waals surface area (Å²) >= 11 is 5.07. The summed E-state index contributed by atoms with van der Waals surface area (Å²) in [4.78, 5) is 11.8. The van der Waals surface area contributed by atoms with E-state index < -0.39 is 0 Å². The number of fused-ring (bicyclic) bond motifs is 1. The Morgan fingerprint density at radius 1 is 1.42 bits per heavy atom. The summed E-state index contributed by atoms with van der Waals surface area (Å²) in [7, 11) is 0. The number of nitrogens with two attached hydrogens (primary N) is 1. The van der Waals surface area contributed by atoms with Crippen molar-refractivity contribution in [1.82, 2.24) is 9.97 Å². The van der Waals surface area contributed by atoms with E-state index in [1.165, 1.54) is 24.1 Å². The molecule has 1 atom stereocenters. The monoisotopic (exact) mass is 278 g/mol. The van der Waals surface area contributed by atoms with E-state index in [9.17, 15) is 0 Å². The van der Waals surface area contributed by atoms with Gasteiger partial charge in [-0.1, -0.05) is 19.1 Å². The number of thiocarbonyl (C=S) groups is 1. The standard InChI is InChI=1S/C14H22N4S/c1-3-18(8-10(2)13(15)19)14-11-6-4-5-7-12(11)16-9-17-14/h9-10H,3-8H2,1-2H3,(H2,15,19). The maximum atomic E-state index is 5.73. The van der Waals surface area contributed by atoms with E-state index in [0.29, 0.717) is 4.99 Å². The second-order valence-electron chi connectivity index (χ2n) is 5.17. The molecule has 2 rings (SSSR count). The lowest BCUT2D eigenvalue weighted by atomic mass is 9.96. The minimum Gasteiger partial charge on any atom is -0.393 e. The van der Waals surface area contributed by atoms with Crippen molar-refractivity contribution in [3.63, 3.8) is 0 Å². The van der Waals surface area contributed by atoms with E-state index in [1.54, 1.807) is 6.33 Å². The third-order valence-electron chi connectivity index (χ3n) is 3.76. The van der Waals surface area contributed by atoms with Crippen LogP contribution in [0.5, 0.6) is 0 Å². The average Bonchev–Trinajstić information content (AvgIpc) is 2.44. The molecule has 0 fully saturated rings. The van der Waals surface area contributed by atoms with Gasteiger partial charge in [-0.15, -0.1) is 0 Å². The maximum Gasteiger partial charge on any atom is 0.135 e. The van der Waals surface area contributed by atoms with Crippen LogP contribution in [0.25, 0.3) is 0 Å². The minimum absolute atomic E-state index is 0.198. The highest BCUT2D eigenvalue weighted by Gasteiger charge is 2.20. The van der Waals surface area contributed by atoms with Crippen LogP contribution >= 0.6 is 12.2 Å². The van der Waals surface area contributed by atoms with Crippen LogP contribution in [0.4, 0.5) is 5.82 Å². The number of nitrogens with zero attached hydrogens (tertiary/aromatic N) is 3. The molecular formula is C14H22N4S. The predicted octanol–water partition coefficient (Wildman–Crippen LogP) is 2.10. The third-order valence-corrected chi connectivity index (χ3v) is 4.17. The molecular weight excluding hydrogens is 256 g/mol. The smallest absolute Gasteiger partial charge is 0.135 e. The highest BCUT2D eigenvalue weighted by atomic mass is 32.1. The van der Waals surface area contributed by atoms with Crippen LogP contribution in [0.3, 0.4) is 0 Å². The van der Waals surface area contributed by atoms with Crippen LogP contribution in [-0.2, 0) is 12.8 Å². The average molecular weight is 278 g/mol. The number of aromatic nitrogens is 2. The van der Waals surface area contributed by atoms with Gasteiger partial charge >= 0.3 is 0 Å². The predicted molar refractivity (Wildman–Crippen MR) is 82.5 cm³/mol. The van der Waals surface area contributed by atoms with E-state index in [0.717, 1.165) is 31.7 Å². The Balaban J connectivity index is 2.25. The maximum absolute atomic E-state index is 5.73. The topological polar surface area (TPSA) is 55.0 Å². The van der Waals surface area contributed by atoms with Crippen LogP contribution in [0.1, 0.15) is 37.9 Å². The van der Waals surface area contributed by atoms with Crippen LogP contribution in [0.15, 0.2) is 6.33 Å². The van der Waals surface area contributed by atoms with E-state index in [1.807, 2.05) is 0 Å². The molecule has 5 heteroatoms. The van der Waals surface area contributed by atoms with Crippen molar-refractivity contribution in [3.05, 3.63) is 17.6 Å². The van der Waals surface area contributed by atoms with Gasteiger partial charge in [-0.25, -0.2) is 9.97 Å². The Morgan fingerprint density at radius 3 is 2.84 bits per heavy atom. The third kappa shape index (κ3) is 3.21. The molecule has 0 saturated heterocycles. The van der Waals surface area contributed by atoms with Crippen molar-refractivity contribution in [1.29, 1.82) is 0 Å². The Bertz CT molecular complexity index is 461. The summed E-state index contributed by atoms with van der Waals surface area (Å²) in [6, 6.07) is 0. The van der Waals surface area contributed by atoms with E-state index in [-0.39, 0.29) is 5.92 Å². The molecule has 1 aromatic rings. The Labute approximate surface area is 120 Å². The second-order valence-corrected chi connectivity index (χ2v) is 5.64. The lowest BCUT2D eigenvalue weighted by Crippen LogP contribution is -2.35. The summed E-state index contributed by atoms with van der Waals surface area (Å²) < 4.78 is 0. The molecule has 0 bridgehead atoms. The van der Waals surface area contributed by atoms with Crippen molar-refractivity contribution in [2.24, 2.45) is 11.7 Å². The molecule has 0 aromatic carbocycles. The zero-order chi connectivity index (χ0) is 13.8. The van der Waals surface area contributed by atoms with Gasteiger partial charge < -0.3 is 10.6 Å². The van der Waals surface area contributed by atoms with Crippen molar-refractivity contribution in [3.8, 4) is 0 Å². The molecule has 1 aliphatic carbocycles. The number of anilines is 1. The molecule has 1 aromatic heterocycles. The largest absolute Gasteiger partial charge is 0.393 e. The molecule has 1 unspecified atom stereocenters. The first-order chi connectivity index (χ1) is 9.13. The highest BCUT2D eigenvalue weighted by molar-refractivity contribution is 7.80. The lowest BCUT2D eigenvalue weighted by Gasteiger charge is -2.29. The minimum atomic E-state index is 0.198. The molecule has 0 spiro atoms. The first-order valence-corrected chi connectivity index (χ1v) is 7.41. The van der Waals surface area contributed by atoms with E-state index in [4.69, 9.17) is 18.0 Å². The van der Waals surface area contributed by atoms with Gasteiger partial charge in [0.15, 0.2) is 0 Å². The fraction of sp³-hybridized carbons (Fsp3) is 0.643. The van der Waals surface area contributed by atoms with Gasteiger partial charge in [0, 0.05) is 30.3 Å². The summed E-state index contributed by atoms with van der Waals surface area (Å²) in [5.74, 6) is 1.28. The summed E-state index contributed by atoms with van der Waals surface area (Å²) in [5, 5.41) is 0. The molecule has 0 saturated carbocycles. The number of aryl methyl sites for hydroxylation is 1. The van der Waals surface area contributed by atoms with E-state index >= 15 is 0 Å². The first kappa shape index (κ1) is 14.2. The van der Waals surface area contributed by atoms with Crippen LogP contribution in [-0.4, -0.2) is 28.0 Å². The molecule has 4 nitrogen and oxygen atoms in total. The molecule has 1 aliphatic rings. The molecule has 104 valence electrons. The van der Waals surface area contributed by atoms with Crippen molar-refractivity contribution in [2.75, 3.05) is 18.0 Å². The molecule has 0 aliphatic heterocycles. The summed E-state index contributed by atoms with van der Waals surface area (Å²) in [6.07, 6.45) is 6.32. The zero-order valence-electron chi connectivity index (χ0n) is 11.7. The van der Waals surface area contributed by atoms with Gasteiger partial charge in [0.05, 0.1) is 4.99 Å². The first-order valence-electron chi connectivity index (χ1n) is 7.00. The second kappa shape index (κ2) is 6.28.